The number of hydrogen-bond acceptors (Lipinski definition) is 0. The molecule has 1 heterocycles. The highest BCUT2D eigenvalue weighted by Gasteiger charge is 2.19. The van der Waals surface area contributed by atoms with Crippen molar-refractivity contribution in [3.05, 3.63) is 236 Å². The van der Waals surface area contributed by atoms with Gasteiger partial charge in [0.25, 0.3) is 0 Å². The fourth-order valence-corrected chi connectivity index (χ4v) is 9.84. The van der Waals surface area contributed by atoms with Gasteiger partial charge in [0.2, 0.25) is 0 Å². The lowest BCUT2D eigenvalue weighted by molar-refractivity contribution is 1.18. The third kappa shape index (κ3) is 5.78. The van der Waals surface area contributed by atoms with Gasteiger partial charge in [-0.05, 0) is 112 Å². The van der Waals surface area contributed by atoms with Crippen molar-refractivity contribution in [3.63, 3.8) is 0 Å². The summed E-state index contributed by atoms with van der Waals surface area (Å²) >= 11 is 0. The van der Waals surface area contributed by atoms with Crippen LogP contribution < -0.4 is 0 Å². The van der Waals surface area contributed by atoms with E-state index in [4.69, 9.17) is 0 Å². The van der Waals surface area contributed by atoms with Crippen LogP contribution in [0.5, 0.6) is 0 Å². The molecule has 0 unspecified atom stereocenters. The molecule has 12 rings (SSSR count). The van der Waals surface area contributed by atoms with Gasteiger partial charge < -0.3 is 4.57 Å². The summed E-state index contributed by atoms with van der Waals surface area (Å²) in [4.78, 5) is 0. The molecule has 0 saturated heterocycles. The van der Waals surface area contributed by atoms with Gasteiger partial charge in [0, 0.05) is 16.5 Å². The lowest BCUT2D eigenvalue weighted by Crippen LogP contribution is -1.94. The van der Waals surface area contributed by atoms with E-state index in [2.05, 4.69) is 241 Å². The molecule has 284 valence electrons. The minimum Gasteiger partial charge on any atom is -0.309 e. The molecule has 12 aromatic rings. The lowest BCUT2D eigenvalue weighted by atomic mass is 9.85. The molecule has 0 amide bonds. The Morgan fingerprint density at radius 3 is 1.54 bits per heavy atom. The third-order valence-corrected chi connectivity index (χ3v) is 12.6. The average molecular weight is 774 g/mol. The maximum absolute atomic E-state index is 2.41. The Kier molecular flexibility index (Phi) is 8.25. The quantitative estimate of drug-likeness (QED) is 0.117. The Labute approximate surface area is 354 Å². The van der Waals surface area contributed by atoms with Crippen LogP contribution in [0.25, 0.3) is 116 Å². The highest BCUT2D eigenvalue weighted by Crippen LogP contribution is 2.45. The molecule has 0 spiro atoms. The van der Waals surface area contributed by atoms with Crippen molar-refractivity contribution in [2.24, 2.45) is 0 Å². The summed E-state index contributed by atoms with van der Waals surface area (Å²) in [6.45, 7) is 0. The second-order valence-corrected chi connectivity index (χ2v) is 16.0. The molecule has 0 aliphatic heterocycles. The first-order valence-corrected chi connectivity index (χ1v) is 21.1. The molecule has 1 nitrogen and oxygen atoms in total. The molecule has 0 fully saturated rings. The third-order valence-electron chi connectivity index (χ3n) is 12.6. The molecule has 0 N–H and O–H groups in total. The largest absolute Gasteiger partial charge is 0.309 e. The number of fused-ring (bicyclic) bond motifs is 7. The van der Waals surface area contributed by atoms with Gasteiger partial charge in [-0.3, -0.25) is 0 Å². The number of aromatic nitrogens is 1. The van der Waals surface area contributed by atoms with Crippen LogP contribution in [0.3, 0.4) is 0 Å². The molecule has 11 aromatic carbocycles. The molecule has 0 aliphatic rings. The van der Waals surface area contributed by atoms with Crippen LogP contribution in [0, 0.1) is 0 Å². The lowest BCUT2D eigenvalue weighted by Gasteiger charge is -2.18. The van der Waals surface area contributed by atoms with Gasteiger partial charge in [-0.1, -0.05) is 212 Å². The Balaban J connectivity index is 0.951. The van der Waals surface area contributed by atoms with E-state index in [9.17, 15) is 0 Å². The van der Waals surface area contributed by atoms with Gasteiger partial charge in [-0.15, -0.1) is 0 Å². The van der Waals surface area contributed by atoms with E-state index in [-0.39, 0.29) is 0 Å². The van der Waals surface area contributed by atoms with E-state index in [1.807, 2.05) is 0 Å². The maximum atomic E-state index is 2.41. The van der Waals surface area contributed by atoms with E-state index in [1.54, 1.807) is 0 Å². The summed E-state index contributed by atoms with van der Waals surface area (Å²) in [6, 6.07) is 82.1. The van der Waals surface area contributed by atoms with Crippen LogP contribution >= 0.6 is 0 Å². The first-order chi connectivity index (χ1) is 30.3. The van der Waals surface area contributed by atoms with Crippen molar-refractivity contribution in [1.82, 2.24) is 4.57 Å². The Morgan fingerprint density at radius 1 is 0.295 bits per heavy atom. The topological polar surface area (TPSA) is 4.93 Å². The smallest absolute Gasteiger partial charge is 0.0547 e. The standard InChI is InChI=1S/C60H39N/c1-2-17-45(18-3-1)61-57-28-13-12-22-51(57)52-38-36-44(39-58(52)61)60-55-25-10-8-23-53(55)59(54-24-9-11-26-56(54)60)43-33-30-40(31-34-43)29-32-42-35-37-50(48-21-7-6-20-47(42)48)49-27-14-16-41-15-4-5-19-46(41)49/h1-39H/b32-29+. The van der Waals surface area contributed by atoms with Crippen molar-refractivity contribution in [1.29, 1.82) is 0 Å². The fraction of sp³-hybridized carbons (Fsp3) is 0. The van der Waals surface area contributed by atoms with Gasteiger partial charge >= 0.3 is 0 Å². The zero-order valence-electron chi connectivity index (χ0n) is 33.5. The molecule has 61 heavy (non-hydrogen) atoms. The number of benzene rings is 11. The number of hydrogen-bond donors (Lipinski definition) is 0. The summed E-state index contributed by atoms with van der Waals surface area (Å²) in [5.41, 5.74) is 13.4. The second-order valence-electron chi connectivity index (χ2n) is 16.0. The Bertz CT molecular complexity index is 3620. The Hall–Kier alpha value is -8.00. The molecule has 0 saturated carbocycles. The zero-order chi connectivity index (χ0) is 40.3. The van der Waals surface area contributed by atoms with Gasteiger partial charge in [-0.2, -0.15) is 0 Å². The van der Waals surface area contributed by atoms with E-state index in [0.29, 0.717) is 0 Å². The molecular weight excluding hydrogens is 735 g/mol. The summed E-state index contributed by atoms with van der Waals surface area (Å²) in [5.74, 6) is 0. The molecule has 0 radical (unpaired) electrons. The van der Waals surface area contributed by atoms with Gasteiger partial charge in [-0.25, -0.2) is 0 Å². The summed E-state index contributed by atoms with van der Waals surface area (Å²) in [7, 11) is 0. The molecular formula is C60H39N. The summed E-state index contributed by atoms with van der Waals surface area (Å²) in [5, 5.41) is 12.6. The monoisotopic (exact) mass is 773 g/mol. The fourth-order valence-electron chi connectivity index (χ4n) is 9.84. The van der Waals surface area contributed by atoms with Gasteiger partial charge in [0.15, 0.2) is 0 Å². The van der Waals surface area contributed by atoms with Crippen molar-refractivity contribution >= 4 is 77.0 Å². The van der Waals surface area contributed by atoms with Crippen LogP contribution in [-0.4, -0.2) is 4.57 Å². The van der Waals surface area contributed by atoms with Crippen molar-refractivity contribution < 1.29 is 0 Å². The first-order valence-electron chi connectivity index (χ1n) is 21.1. The van der Waals surface area contributed by atoms with Crippen molar-refractivity contribution in [3.8, 4) is 39.1 Å². The Morgan fingerprint density at radius 2 is 0.820 bits per heavy atom. The van der Waals surface area contributed by atoms with Gasteiger partial charge in [0.1, 0.15) is 0 Å². The maximum Gasteiger partial charge on any atom is 0.0547 e. The minimum atomic E-state index is 1.16. The minimum absolute atomic E-state index is 1.16. The molecule has 1 heteroatoms. The second kappa shape index (κ2) is 14.4. The SMILES string of the molecule is C(=C\c1ccc(-c2cccc3ccccc23)c2ccccc12)/c1ccc(-c2c3ccccc3c(-c3ccc4c5ccccc5n(-c5ccccc5)c4c3)c3ccccc23)cc1. The van der Waals surface area contributed by atoms with E-state index in [1.165, 1.54) is 109 Å². The summed E-state index contributed by atoms with van der Waals surface area (Å²) in [6.07, 6.45) is 4.51. The summed E-state index contributed by atoms with van der Waals surface area (Å²) < 4.78 is 2.41. The predicted molar refractivity (Wildman–Crippen MR) is 262 cm³/mol. The van der Waals surface area contributed by atoms with E-state index < -0.39 is 0 Å². The highest BCUT2D eigenvalue weighted by molar-refractivity contribution is 6.22. The van der Waals surface area contributed by atoms with Crippen LogP contribution in [0.1, 0.15) is 11.1 Å². The zero-order valence-corrected chi connectivity index (χ0v) is 33.5. The first kappa shape index (κ1) is 35.0. The van der Waals surface area contributed by atoms with Crippen molar-refractivity contribution in [2.75, 3.05) is 0 Å². The van der Waals surface area contributed by atoms with Gasteiger partial charge in [0.05, 0.1) is 11.0 Å². The van der Waals surface area contributed by atoms with Crippen LogP contribution in [0.4, 0.5) is 0 Å². The molecule has 1 aromatic heterocycles. The number of para-hydroxylation sites is 2. The predicted octanol–water partition coefficient (Wildman–Crippen LogP) is 16.6. The van der Waals surface area contributed by atoms with Crippen LogP contribution in [-0.2, 0) is 0 Å². The molecule has 0 bridgehead atoms. The number of nitrogens with zero attached hydrogens (tertiary/aromatic N) is 1. The molecule has 0 aliphatic carbocycles. The van der Waals surface area contributed by atoms with Crippen molar-refractivity contribution in [2.45, 2.75) is 0 Å². The normalized spacial score (nSPS) is 11.9. The van der Waals surface area contributed by atoms with Crippen LogP contribution in [0.2, 0.25) is 0 Å². The van der Waals surface area contributed by atoms with E-state index in [0.717, 1.165) is 5.69 Å². The average Bonchev–Trinajstić information content (AvgIpc) is 3.66. The number of rotatable bonds is 6. The molecule has 0 atom stereocenters. The highest BCUT2D eigenvalue weighted by atomic mass is 15.0. The van der Waals surface area contributed by atoms with Crippen LogP contribution in [0.15, 0.2) is 224 Å². The van der Waals surface area contributed by atoms with E-state index >= 15 is 0 Å².